The lowest BCUT2D eigenvalue weighted by Gasteiger charge is -2.14. The first-order chi connectivity index (χ1) is 11.0. The van der Waals surface area contributed by atoms with Gasteiger partial charge < -0.3 is 0 Å². The average Bonchev–Trinajstić information content (AvgIpc) is 2.54. The molecule has 0 radical (unpaired) electrons. The Morgan fingerprint density at radius 2 is 1.65 bits per heavy atom. The maximum absolute atomic E-state index is 13.0. The molecule has 0 spiro atoms. The summed E-state index contributed by atoms with van der Waals surface area (Å²) >= 11 is 0. The van der Waals surface area contributed by atoms with Gasteiger partial charge >= 0.3 is 0 Å². The van der Waals surface area contributed by atoms with Crippen LogP contribution in [0.1, 0.15) is 36.3 Å². The van der Waals surface area contributed by atoms with Gasteiger partial charge in [-0.1, -0.05) is 55.8 Å². The van der Waals surface area contributed by atoms with Gasteiger partial charge in [0, 0.05) is 5.56 Å². The Hall–Kier alpha value is -1.94. The van der Waals surface area contributed by atoms with Crippen LogP contribution in [0.5, 0.6) is 0 Å². The van der Waals surface area contributed by atoms with Crippen molar-refractivity contribution in [3.8, 4) is 0 Å². The van der Waals surface area contributed by atoms with Gasteiger partial charge in [-0.3, -0.25) is 0 Å². The monoisotopic (exact) mass is 330 g/mol. The minimum Gasteiger partial charge on any atom is -0.224 e. The molecule has 1 unspecified atom stereocenters. The van der Waals surface area contributed by atoms with Crippen LogP contribution in [0.3, 0.4) is 0 Å². The van der Waals surface area contributed by atoms with E-state index in [1.54, 1.807) is 19.2 Å². The van der Waals surface area contributed by atoms with Crippen molar-refractivity contribution in [3.05, 3.63) is 65.7 Å². The molecule has 1 atom stereocenters. The molecule has 23 heavy (non-hydrogen) atoms. The van der Waals surface area contributed by atoms with Crippen LogP contribution in [0.2, 0.25) is 0 Å². The quantitative estimate of drug-likeness (QED) is 0.571. The van der Waals surface area contributed by atoms with Crippen molar-refractivity contribution < 1.29 is 13.0 Å². The lowest BCUT2D eigenvalue weighted by atomic mass is 10.1. The Labute approximate surface area is 139 Å². The number of rotatable bonds is 7. The summed E-state index contributed by atoms with van der Waals surface area (Å²) in [4.78, 5) is 0.335. The normalized spacial score (nSPS) is 12.8. The third kappa shape index (κ3) is 4.08. The highest BCUT2D eigenvalue weighted by atomic mass is 32.2. The van der Waals surface area contributed by atoms with E-state index in [-0.39, 0.29) is 0 Å². The van der Waals surface area contributed by atoms with E-state index < -0.39 is 15.2 Å². The smallest absolute Gasteiger partial charge is 0.224 e. The van der Waals surface area contributed by atoms with Crippen molar-refractivity contribution in [2.24, 2.45) is 0 Å². The van der Waals surface area contributed by atoms with Crippen molar-refractivity contribution in [2.75, 3.05) is 7.05 Å². The van der Waals surface area contributed by atoms with Crippen molar-refractivity contribution in [2.45, 2.75) is 36.5 Å². The zero-order valence-corrected chi connectivity index (χ0v) is 14.6. The van der Waals surface area contributed by atoms with Gasteiger partial charge in [0.05, 0.1) is 4.90 Å². The minimum absolute atomic E-state index is 0.335. The Balaban J connectivity index is 2.37. The Kier molecular flexibility index (Phi) is 5.72. The van der Waals surface area contributed by atoms with Gasteiger partial charge in [-0.25, -0.2) is 13.0 Å². The molecule has 0 bridgehead atoms. The SMILES string of the molecule is C=[N+](C)C(c1ccccc1)S(=O)(=O)c1ccc(CCCC)cc1. The summed E-state index contributed by atoms with van der Waals surface area (Å²) in [5.74, 6) is 0. The number of hydrogen-bond acceptors (Lipinski definition) is 2. The third-order valence-corrected chi connectivity index (χ3v) is 6.00. The largest absolute Gasteiger partial charge is 0.281 e. The fourth-order valence-electron chi connectivity index (χ4n) is 2.64. The number of sulfone groups is 1. The van der Waals surface area contributed by atoms with Gasteiger partial charge in [-0.05, 0) is 30.5 Å². The average molecular weight is 330 g/mol. The molecule has 0 fully saturated rings. The molecule has 0 saturated heterocycles. The van der Waals surface area contributed by atoms with Crippen LogP contribution >= 0.6 is 0 Å². The number of unbranched alkanes of at least 4 members (excludes halogenated alkanes) is 1. The standard InChI is InChI=1S/C19H24NO2S/c1-4-5-9-16-12-14-18(15-13-16)23(21,22)19(20(2)3)17-10-7-6-8-11-17/h6-8,10-15,19H,2,4-5,9H2,1,3H3/q+1. The zero-order valence-electron chi connectivity index (χ0n) is 13.8. The Morgan fingerprint density at radius 3 is 2.17 bits per heavy atom. The summed E-state index contributed by atoms with van der Waals surface area (Å²) in [7, 11) is -1.84. The van der Waals surface area contributed by atoms with E-state index in [1.807, 2.05) is 42.5 Å². The molecule has 0 N–H and O–H groups in total. The molecule has 0 heterocycles. The second kappa shape index (κ2) is 7.55. The highest BCUT2D eigenvalue weighted by Crippen LogP contribution is 2.29. The molecule has 122 valence electrons. The van der Waals surface area contributed by atoms with Crippen molar-refractivity contribution >= 4 is 16.6 Å². The van der Waals surface area contributed by atoms with Gasteiger partial charge in [-0.2, -0.15) is 0 Å². The fraction of sp³-hybridized carbons (Fsp3) is 0.316. The predicted octanol–water partition coefficient (Wildman–Crippen LogP) is 3.84. The zero-order chi connectivity index (χ0) is 16.9. The van der Waals surface area contributed by atoms with Crippen molar-refractivity contribution in [1.82, 2.24) is 0 Å². The van der Waals surface area contributed by atoms with E-state index in [0.717, 1.165) is 24.8 Å². The molecule has 2 aromatic rings. The van der Waals surface area contributed by atoms with Crippen molar-refractivity contribution in [3.63, 3.8) is 0 Å². The molecule has 0 saturated carbocycles. The maximum atomic E-state index is 13.0. The second-order valence-corrected chi connectivity index (χ2v) is 7.82. The first-order valence-corrected chi connectivity index (χ1v) is 9.42. The van der Waals surface area contributed by atoms with Gasteiger partial charge in [0.15, 0.2) is 0 Å². The number of hydrogen-bond donors (Lipinski definition) is 0. The lowest BCUT2D eigenvalue weighted by Crippen LogP contribution is -2.23. The molecule has 0 aromatic heterocycles. The number of benzene rings is 2. The van der Waals surface area contributed by atoms with Crippen LogP contribution in [-0.4, -0.2) is 26.8 Å². The van der Waals surface area contributed by atoms with E-state index in [4.69, 9.17) is 0 Å². The van der Waals surface area contributed by atoms with Crippen LogP contribution in [0.25, 0.3) is 0 Å². The van der Waals surface area contributed by atoms with E-state index >= 15 is 0 Å². The van der Waals surface area contributed by atoms with Crippen molar-refractivity contribution in [1.29, 1.82) is 0 Å². The number of nitrogens with zero attached hydrogens (tertiary/aromatic N) is 1. The van der Waals surface area contributed by atoms with Gasteiger partial charge in [0.1, 0.15) is 13.8 Å². The summed E-state index contributed by atoms with van der Waals surface area (Å²) in [6.45, 7) is 5.97. The molecule has 0 aliphatic rings. The summed E-state index contributed by atoms with van der Waals surface area (Å²) in [6.07, 6.45) is 3.22. The van der Waals surface area contributed by atoms with Gasteiger partial charge in [-0.15, -0.1) is 0 Å². The van der Waals surface area contributed by atoms with Gasteiger partial charge in [0.2, 0.25) is 9.84 Å². The molecular formula is C19H24NO2S+. The van der Waals surface area contributed by atoms with Gasteiger partial charge in [0.25, 0.3) is 5.37 Å². The van der Waals surface area contributed by atoms with E-state index in [1.165, 1.54) is 10.1 Å². The highest BCUT2D eigenvalue weighted by Gasteiger charge is 2.35. The molecule has 0 amide bonds. The highest BCUT2D eigenvalue weighted by molar-refractivity contribution is 7.91. The van der Waals surface area contributed by atoms with Crippen LogP contribution in [0, 0.1) is 0 Å². The lowest BCUT2D eigenvalue weighted by molar-refractivity contribution is -0.511. The first kappa shape index (κ1) is 17.4. The van der Waals surface area contributed by atoms with Crippen LogP contribution in [-0.2, 0) is 16.3 Å². The molecule has 3 nitrogen and oxygen atoms in total. The van der Waals surface area contributed by atoms with E-state index in [9.17, 15) is 8.42 Å². The summed E-state index contributed by atoms with van der Waals surface area (Å²) < 4.78 is 27.5. The molecule has 0 aliphatic carbocycles. The van der Waals surface area contributed by atoms with Crippen LogP contribution in [0.4, 0.5) is 0 Å². The number of aryl methyl sites for hydroxylation is 1. The molecule has 2 rings (SSSR count). The predicted molar refractivity (Wildman–Crippen MR) is 94.7 cm³/mol. The summed E-state index contributed by atoms with van der Waals surface area (Å²) in [5, 5.41) is -0.787. The summed E-state index contributed by atoms with van der Waals surface area (Å²) in [6, 6.07) is 16.4. The fourth-order valence-corrected chi connectivity index (χ4v) is 4.41. The van der Waals surface area contributed by atoms with Crippen LogP contribution in [0.15, 0.2) is 59.5 Å². The molecule has 0 aliphatic heterocycles. The Morgan fingerprint density at radius 1 is 1.04 bits per heavy atom. The molecule has 4 heteroatoms. The first-order valence-electron chi connectivity index (χ1n) is 7.88. The molecular weight excluding hydrogens is 306 g/mol. The maximum Gasteiger partial charge on any atom is 0.281 e. The topological polar surface area (TPSA) is 37.1 Å². The minimum atomic E-state index is -3.53. The van der Waals surface area contributed by atoms with E-state index in [2.05, 4.69) is 13.6 Å². The molecule has 2 aromatic carbocycles. The summed E-state index contributed by atoms with van der Waals surface area (Å²) in [5.41, 5.74) is 1.89. The Bertz CT molecular complexity index is 750. The second-order valence-electron chi connectivity index (χ2n) is 5.81. The van der Waals surface area contributed by atoms with Crippen LogP contribution < -0.4 is 0 Å². The van der Waals surface area contributed by atoms with E-state index in [0.29, 0.717) is 4.90 Å². The third-order valence-electron chi connectivity index (χ3n) is 3.85.